The number of rotatable bonds is 90. The summed E-state index contributed by atoms with van der Waals surface area (Å²) < 4.78 is 54.3. The van der Waals surface area contributed by atoms with Crippen molar-refractivity contribution in [1.82, 2.24) is 41.9 Å². The molecular weight excluding hydrogens is 1750 g/mol. The molecule has 1 heterocycles. The minimum Gasteiger partial charge on any atom is -0.494 e. The maximum atomic E-state index is 13.2. The summed E-state index contributed by atoms with van der Waals surface area (Å²) in [7, 11) is 0. The van der Waals surface area contributed by atoms with Gasteiger partial charge in [0.2, 0.25) is 29.5 Å². The molecule has 756 valence electrons. The van der Waals surface area contributed by atoms with E-state index in [9.17, 15) is 92.3 Å². The molecule has 39 heteroatoms. The van der Waals surface area contributed by atoms with Crippen LogP contribution in [0.5, 0.6) is 11.5 Å². The van der Waals surface area contributed by atoms with Crippen molar-refractivity contribution in [3.63, 3.8) is 0 Å². The number of aliphatic carboxylic acids is 2. The van der Waals surface area contributed by atoms with Crippen molar-refractivity contribution in [3.8, 4) is 11.5 Å². The van der Waals surface area contributed by atoms with Crippen LogP contribution in [0.3, 0.4) is 0 Å². The average molecular weight is 1900 g/mol. The first kappa shape index (κ1) is 120. The molecule has 0 fully saturated rings. The normalized spacial score (nSPS) is 12.2. The number of H-pyrrole nitrogens is 1. The van der Waals surface area contributed by atoms with Gasteiger partial charge in [0.1, 0.15) is 74.0 Å². The number of aliphatic hydroxyl groups excluding tert-OH is 2. The quantitative estimate of drug-likeness (QED) is 0.0242. The molecule has 0 spiro atoms. The van der Waals surface area contributed by atoms with E-state index in [1.807, 2.05) is 0 Å². The van der Waals surface area contributed by atoms with Crippen LogP contribution in [0.4, 0.5) is 0 Å². The van der Waals surface area contributed by atoms with Gasteiger partial charge in [-0.1, -0.05) is 90.9 Å². The Labute approximate surface area is 786 Å². The minimum atomic E-state index is -1.25. The zero-order valence-electron chi connectivity index (χ0n) is 78.5. The molecule has 39 nitrogen and oxygen atoms in total. The number of carboxylic acid groups (broad SMARTS) is 4. The zero-order chi connectivity index (χ0) is 98.2. The fraction of sp³-hybridized carbons (Fsp3) is 0.684. The monoisotopic (exact) mass is 1900 g/mol. The Balaban J connectivity index is 0.000000968. The summed E-state index contributed by atoms with van der Waals surface area (Å²) in [6.07, 6.45) is 20.7. The number of aliphatic hydroxyl groups is 2. The number of ether oxygens (including phenoxy) is 10. The number of hydrogen-bond donors (Lipinski definition) is 13. The summed E-state index contributed by atoms with van der Waals surface area (Å²) in [6.45, 7) is 8.09. The molecule has 5 amide bonds. The van der Waals surface area contributed by atoms with Gasteiger partial charge in [0.15, 0.2) is 17.3 Å². The lowest BCUT2D eigenvalue weighted by Gasteiger charge is -2.19. The molecule has 3 rings (SSSR count). The van der Waals surface area contributed by atoms with Crippen LogP contribution in [0.1, 0.15) is 252 Å². The third kappa shape index (κ3) is 66.5. The fourth-order valence-corrected chi connectivity index (χ4v) is 13.2. The van der Waals surface area contributed by atoms with E-state index in [0.29, 0.717) is 128 Å². The Hall–Kier alpha value is -9.94. The Morgan fingerprint density at radius 1 is 0.373 bits per heavy atom. The van der Waals surface area contributed by atoms with Gasteiger partial charge in [-0.3, -0.25) is 57.5 Å². The number of carboxylic acids is 4. The van der Waals surface area contributed by atoms with Crippen molar-refractivity contribution >= 4 is 88.1 Å². The number of aromatic carboxylic acids is 2. The number of nitrogens with zero attached hydrogens (tertiary/aromatic N) is 1. The predicted molar refractivity (Wildman–Crippen MR) is 491 cm³/mol. The number of nitrogens with one attached hydrogen (secondary N) is 7. The smallest absolute Gasteiger partial charge is 0.335 e. The molecule has 0 aliphatic carbocycles. The van der Waals surface area contributed by atoms with Gasteiger partial charge < -0.3 is 115 Å². The lowest BCUT2D eigenvalue weighted by Crippen LogP contribution is -2.42. The second-order valence-corrected chi connectivity index (χ2v) is 32.2. The first-order chi connectivity index (χ1) is 64.7. The molecule has 1 aromatic heterocycles. The molecule has 0 aliphatic rings. The number of ketones is 6. The lowest BCUT2D eigenvalue weighted by atomic mass is 9.90. The first-order valence-corrected chi connectivity index (χ1v) is 47.2. The van der Waals surface area contributed by atoms with Gasteiger partial charge in [0.25, 0.3) is 0 Å². The van der Waals surface area contributed by atoms with E-state index >= 15 is 0 Å². The van der Waals surface area contributed by atoms with Crippen LogP contribution in [-0.4, -0.2) is 305 Å². The molecule has 0 radical (unpaired) electrons. The van der Waals surface area contributed by atoms with Gasteiger partial charge in [-0.2, -0.15) is 0 Å². The van der Waals surface area contributed by atoms with Gasteiger partial charge in [-0.05, 0) is 132 Å². The standard InChI is InChI=1S/C55H86N6O18.C40H64N2O13/c1-2-45(50(67)36-62)59-35-49(66)40(18-23-47(64)48(65)33-42-34-56-39-60-42)13-9-10-24-57-52(69)37-78-32-30-76-28-25-58-53(70)38-77-31-29-75-26-12-14-43(63)19-22-46(55(73)74)61-51(68)15-8-6-4-3-5-7-11-27-79-44-20-16-41(17-21-44)54(71)72;1-2-3-20-41-38(46)31-54-28-25-51-22-11-13-35(44)30-53-27-26-52-24-21-42-37(45)19-16-33(40(49)50)29-34(43)12-9-7-5-4-6-8-10-23-55-36-17-14-32(15-18-36)39(47)48/h16-17,20-21,34,39-40,45-46,48,59,62,65H,2-15,18-19,22-33,35-38H2,1H3,(H,56,60)(H,57,69)(H,58,70)(H,61,68)(H,71,72)(H,73,74);14-15,17-18,33H,2-13,16,19-31H2,1H3,(H,41,46)(H,42,45)(H,47,48)(H,49,50)/t40-,45+,46+,48+;33-/m11/s1. The molecule has 0 saturated heterocycles. The third-order valence-corrected chi connectivity index (χ3v) is 21.0. The molecule has 2 aromatic carbocycles. The van der Waals surface area contributed by atoms with E-state index in [4.69, 9.17) is 57.6 Å². The van der Waals surface area contributed by atoms with E-state index in [1.165, 1.54) is 36.8 Å². The summed E-state index contributed by atoms with van der Waals surface area (Å²) in [5.41, 5.74) is 1.04. The highest BCUT2D eigenvalue weighted by Gasteiger charge is 2.27. The molecular formula is C95H150N8O31. The number of aromatic nitrogens is 2. The van der Waals surface area contributed by atoms with Gasteiger partial charge in [0, 0.05) is 115 Å². The van der Waals surface area contributed by atoms with Crippen LogP contribution >= 0.6 is 0 Å². The van der Waals surface area contributed by atoms with Crippen molar-refractivity contribution < 1.29 is 150 Å². The number of aromatic amines is 1. The Morgan fingerprint density at radius 2 is 0.828 bits per heavy atom. The highest BCUT2D eigenvalue weighted by molar-refractivity contribution is 5.90. The van der Waals surface area contributed by atoms with Crippen LogP contribution in [0, 0.1) is 11.8 Å². The van der Waals surface area contributed by atoms with E-state index in [0.717, 1.165) is 89.9 Å². The molecule has 0 aliphatic heterocycles. The number of unbranched alkanes of at least 4 members (excludes halogenated alkanes) is 14. The van der Waals surface area contributed by atoms with Crippen LogP contribution in [0.25, 0.3) is 0 Å². The van der Waals surface area contributed by atoms with Gasteiger partial charge in [-0.15, -0.1) is 0 Å². The van der Waals surface area contributed by atoms with Gasteiger partial charge in [-0.25, -0.2) is 19.4 Å². The van der Waals surface area contributed by atoms with Crippen LogP contribution in [-0.2, 0) is 107 Å². The summed E-state index contributed by atoms with van der Waals surface area (Å²) >= 11 is 0. The van der Waals surface area contributed by atoms with Crippen LogP contribution in [0.15, 0.2) is 61.1 Å². The highest BCUT2D eigenvalue weighted by atomic mass is 16.5. The Bertz CT molecular complexity index is 3760. The molecule has 13 N–H and O–H groups in total. The fourth-order valence-electron chi connectivity index (χ4n) is 13.2. The molecule has 134 heavy (non-hydrogen) atoms. The van der Waals surface area contributed by atoms with Crippen molar-refractivity contribution in [2.45, 2.75) is 250 Å². The van der Waals surface area contributed by atoms with Gasteiger partial charge in [0.05, 0.1) is 115 Å². The number of benzene rings is 2. The number of carbonyl (C=O) groups excluding carboxylic acids is 11. The summed E-state index contributed by atoms with van der Waals surface area (Å²) in [4.78, 5) is 187. The number of amides is 5. The van der Waals surface area contributed by atoms with Crippen molar-refractivity contribution in [2.75, 3.05) is 158 Å². The number of imidazole rings is 1. The predicted octanol–water partition coefficient (Wildman–Crippen LogP) is 7.62. The highest BCUT2D eigenvalue weighted by Crippen LogP contribution is 2.22. The van der Waals surface area contributed by atoms with E-state index in [-0.39, 0.29) is 234 Å². The molecule has 0 unspecified atom stereocenters. The summed E-state index contributed by atoms with van der Waals surface area (Å²) in [5.74, 6) is -7.21. The topological polar surface area (TPSA) is 571 Å². The SMILES string of the molecule is CCCCNC(=O)COCCOCCCC(=O)COCCOCCNC(=O)CC[C@H](CC(=O)CCCCCCCCCOc1ccc(C(=O)O)cc1)C(=O)O.CC[C@H](NCC(=O)[C@H](CCCCNC(=O)COCCOCCNC(=O)COCCOCCCC(=O)CC[C@H](NC(=O)CCCCCCCCCOc1ccc(C(=O)O)cc1)C(=O)O)CCC(=O)[C@@H](O)Cc1cnc[nH]1)C(=O)CO. The van der Waals surface area contributed by atoms with E-state index in [1.54, 1.807) is 31.2 Å². The average Bonchev–Trinajstić information content (AvgIpc) is 1.80. The maximum absolute atomic E-state index is 13.2. The lowest BCUT2D eigenvalue weighted by molar-refractivity contribution is -0.144. The second kappa shape index (κ2) is 80.3. The number of carbonyl (C=O) groups is 15. The largest absolute Gasteiger partial charge is 0.494 e. The molecule has 3 aromatic rings. The maximum Gasteiger partial charge on any atom is 0.335 e. The van der Waals surface area contributed by atoms with Gasteiger partial charge >= 0.3 is 23.9 Å². The Morgan fingerprint density at radius 3 is 1.31 bits per heavy atom. The molecule has 0 saturated carbocycles. The van der Waals surface area contributed by atoms with Crippen molar-refractivity contribution in [3.05, 3.63) is 77.9 Å². The Kier molecular flexibility index (Phi) is 72.0. The summed E-state index contributed by atoms with van der Waals surface area (Å²) in [6, 6.07) is 10.8. The molecule has 0 bridgehead atoms. The summed E-state index contributed by atoms with van der Waals surface area (Å²) in [5, 5.41) is 72.9. The number of hydrogen-bond acceptors (Lipinski definition) is 29. The number of Topliss-reactive ketones (excluding diaryl/α,β-unsaturated/α-hetero) is 6. The van der Waals surface area contributed by atoms with Crippen molar-refractivity contribution in [1.29, 1.82) is 0 Å². The van der Waals surface area contributed by atoms with Crippen LogP contribution in [0.2, 0.25) is 0 Å². The molecule has 5 atom stereocenters. The third-order valence-electron chi connectivity index (χ3n) is 21.0. The second-order valence-electron chi connectivity index (χ2n) is 32.2. The van der Waals surface area contributed by atoms with E-state index in [2.05, 4.69) is 48.8 Å². The minimum absolute atomic E-state index is 0.00379. The zero-order valence-corrected chi connectivity index (χ0v) is 78.5. The van der Waals surface area contributed by atoms with Crippen molar-refractivity contribution in [2.24, 2.45) is 11.8 Å². The van der Waals surface area contributed by atoms with Crippen LogP contribution < -0.4 is 41.4 Å². The van der Waals surface area contributed by atoms with E-state index < -0.39 is 72.1 Å². The first-order valence-electron chi connectivity index (χ1n) is 47.2.